The smallest absolute Gasteiger partial charge is 0.264 e. The number of benzene rings is 2. The number of nitrogens with zero attached hydrogens (tertiary/aromatic N) is 1. The summed E-state index contributed by atoms with van der Waals surface area (Å²) in [6.45, 7) is 2.07. The van der Waals surface area contributed by atoms with Gasteiger partial charge in [-0.05, 0) is 54.3 Å². The number of rotatable bonds is 2. The Morgan fingerprint density at radius 2 is 1.82 bits per heavy atom. The summed E-state index contributed by atoms with van der Waals surface area (Å²) < 4.78 is 17.5. The molecule has 3 aliphatic heterocycles. The van der Waals surface area contributed by atoms with E-state index in [0.29, 0.717) is 24.7 Å². The van der Waals surface area contributed by atoms with E-state index in [0.717, 1.165) is 54.2 Å². The molecule has 0 radical (unpaired) electrons. The van der Waals surface area contributed by atoms with Gasteiger partial charge in [0.2, 0.25) is 0 Å². The van der Waals surface area contributed by atoms with Gasteiger partial charge in [-0.1, -0.05) is 17.7 Å². The summed E-state index contributed by atoms with van der Waals surface area (Å²) in [5.41, 5.74) is 2.09. The fraction of sp³-hybridized carbons (Fsp3) is 0.409. The molecule has 2 aromatic carbocycles. The molecular weight excluding hydrogens is 378 g/mol. The molecule has 1 amide bonds. The van der Waals surface area contributed by atoms with Crippen molar-refractivity contribution in [2.24, 2.45) is 0 Å². The van der Waals surface area contributed by atoms with Crippen LogP contribution in [0.4, 0.5) is 0 Å². The molecule has 5 nitrogen and oxygen atoms in total. The van der Waals surface area contributed by atoms with Crippen LogP contribution in [0.1, 0.15) is 36.4 Å². The molecule has 2 aromatic rings. The largest absolute Gasteiger partial charge is 0.490 e. The van der Waals surface area contributed by atoms with Crippen molar-refractivity contribution in [2.45, 2.75) is 37.8 Å². The molecule has 3 heterocycles. The van der Waals surface area contributed by atoms with Crippen molar-refractivity contribution in [3.05, 3.63) is 52.5 Å². The van der Waals surface area contributed by atoms with Crippen molar-refractivity contribution >= 4 is 17.5 Å². The van der Waals surface area contributed by atoms with Crippen LogP contribution >= 0.6 is 11.6 Å². The molecule has 0 spiro atoms. The van der Waals surface area contributed by atoms with E-state index in [-0.39, 0.29) is 11.9 Å². The van der Waals surface area contributed by atoms with E-state index in [9.17, 15) is 4.79 Å². The molecule has 1 fully saturated rings. The lowest BCUT2D eigenvalue weighted by atomic mass is 10.0. The van der Waals surface area contributed by atoms with Crippen LogP contribution in [0.2, 0.25) is 5.02 Å². The van der Waals surface area contributed by atoms with Crippen LogP contribution < -0.4 is 14.2 Å². The first kappa shape index (κ1) is 17.7. The van der Waals surface area contributed by atoms with Crippen LogP contribution in [0.3, 0.4) is 0 Å². The second kappa shape index (κ2) is 7.21. The van der Waals surface area contributed by atoms with E-state index < -0.39 is 6.10 Å². The summed E-state index contributed by atoms with van der Waals surface area (Å²) in [4.78, 5) is 15.2. The van der Waals surface area contributed by atoms with Crippen LogP contribution in [0.5, 0.6) is 17.2 Å². The first-order valence-corrected chi connectivity index (χ1v) is 10.2. The minimum Gasteiger partial charge on any atom is -0.490 e. The van der Waals surface area contributed by atoms with Gasteiger partial charge in [0.15, 0.2) is 17.6 Å². The van der Waals surface area contributed by atoms with Gasteiger partial charge in [0.05, 0.1) is 19.3 Å². The lowest BCUT2D eigenvalue weighted by Crippen LogP contribution is -2.40. The number of carbonyl (C=O) groups excluding carboxylic acids is 1. The topological polar surface area (TPSA) is 48.0 Å². The molecule has 28 heavy (non-hydrogen) atoms. The highest BCUT2D eigenvalue weighted by Gasteiger charge is 2.38. The Labute approximate surface area is 169 Å². The number of likely N-dealkylation sites (tertiary alicyclic amines) is 1. The predicted molar refractivity (Wildman–Crippen MR) is 105 cm³/mol. The average molecular weight is 400 g/mol. The van der Waals surface area contributed by atoms with Gasteiger partial charge < -0.3 is 19.1 Å². The van der Waals surface area contributed by atoms with Gasteiger partial charge in [-0.25, -0.2) is 0 Å². The fourth-order valence-corrected chi connectivity index (χ4v) is 4.50. The molecule has 2 atom stereocenters. The van der Waals surface area contributed by atoms with Crippen LogP contribution in [0.25, 0.3) is 0 Å². The molecule has 3 aliphatic rings. The number of hydrogen-bond acceptors (Lipinski definition) is 4. The Morgan fingerprint density at radius 3 is 2.71 bits per heavy atom. The maximum absolute atomic E-state index is 13.2. The second-order valence-corrected chi connectivity index (χ2v) is 7.95. The van der Waals surface area contributed by atoms with Crippen LogP contribution in [-0.2, 0) is 11.2 Å². The van der Waals surface area contributed by atoms with Crippen molar-refractivity contribution < 1.29 is 19.0 Å². The van der Waals surface area contributed by atoms with Gasteiger partial charge in [0, 0.05) is 24.4 Å². The SMILES string of the molecule is O=C([C@H]1Cc2cc(Cl)ccc2O1)N1CCC[C@H]1c1ccc2c(c1)OCCCO2. The standard InChI is InChI=1S/C22H22ClNO4/c23-16-5-7-18-15(11-16)13-21(28-18)22(25)24-8-1-3-17(24)14-4-6-19-20(12-14)27-10-2-9-26-19/h4-7,11-12,17,21H,1-3,8-10,13H2/t17-,21+/m0/s1. The number of carbonyl (C=O) groups is 1. The van der Waals surface area contributed by atoms with E-state index in [1.807, 2.05) is 35.2 Å². The Balaban J connectivity index is 1.36. The third-order valence-corrected chi connectivity index (χ3v) is 5.90. The molecule has 0 unspecified atom stereocenters. The number of amides is 1. The van der Waals surface area contributed by atoms with Crippen molar-refractivity contribution in [3.8, 4) is 17.2 Å². The summed E-state index contributed by atoms with van der Waals surface area (Å²) in [5, 5.41) is 0.668. The van der Waals surface area contributed by atoms with Gasteiger partial charge in [-0.15, -0.1) is 0 Å². The maximum atomic E-state index is 13.2. The third kappa shape index (κ3) is 3.18. The zero-order valence-corrected chi connectivity index (χ0v) is 16.3. The molecular formula is C22H22ClNO4. The molecule has 1 saturated heterocycles. The predicted octanol–water partition coefficient (Wildman–Crippen LogP) is 4.17. The summed E-state index contributed by atoms with van der Waals surface area (Å²) >= 11 is 6.08. The molecule has 0 aromatic heterocycles. The van der Waals surface area contributed by atoms with Crippen LogP contribution in [0.15, 0.2) is 36.4 Å². The molecule has 0 bridgehead atoms. The van der Waals surface area contributed by atoms with Crippen LogP contribution in [0, 0.1) is 0 Å². The molecule has 0 aliphatic carbocycles. The molecule has 6 heteroatoms. The second-order valence-electron chi connectivity index (χ2n) is 7.51. The normalized spacial score (nSPS) is 23.1. The number of hydrogen-bond donors (Lipinski definition) is 0. The Morgan fingerprint density at radius 1 is 1.00 bits per heavy atom. The Kier molecular flexibility index (Phi) is 4.55. The van der Waals surface area contributed by atoms with Crippen molar-refractivity contribution in [1.82, 2.24) is 4.90 Å². The highest BCUT2D eigenvalue weighted by Crippen LogP contribution is 2.39. The molecule has 5 rings (SSSR count). The maximum Gasteiger partial charge on any atom is 0.264 e. The first-order chi connectivity index (χ1) is 13.7. The van der Waals surface area contributed by atoms with Crippen molar-refractivity contribution in [1.29, 1.82) is 0 Å². The zero-order chi connectivity index (χ0) is 19.1. The molecule has 0 N–H and O–H groups in total. The quantitative estimate of drug-likeness (QED) is 0.760. The minimum atomic E-state index is -0.477. The average Bonchev–Trinajstić information content (AvgIpc) is 3.28. The summed E-state index contributed by atoms with van der Waals surface area (Å²) in [5.74, 6) is 2.35. The van der Waals surface area contributed by atoms with Crippen molar-refractivity contribution in [3.63, 3.8) is 0 Å². The number of ether oxygens (including phenoxy) is 3. The van der Waals surface area contributed by atoms with E-state index in [1.54, 1.807) is 6.07 Å². The minimum absolute atomic E-state index is 0.0422. The highest BCUT2D eigenvalue weighted by atomic mass is 35.5. The van der Waals surface area contributed by atoms with Gasteiger partial charge in [-0.3, -0.25) is 4.79 Å². The molecule has 0 saturated carbocycles. The summed E-state index contributed by atoms with van der Waals surface area (Å²) in [6, 6.07) is 11.6. The van der Waals surface area contributed by atoms with Gasteiger partial charge in [-0.2, -0.15) is 0 Å². The summed E-state index contributed by atoms with van der Waals surface area (Å²) in [6.07, 6.45) is 2.89. The lowest BCUT2D eigenvalue weighted by molar-refractivity contribution is -0.138. The summed E-state index contributed by atoms with van der Waals surface area (Å²) in [7, 11) is 0. The Hall–Kier alpha value is -2.40. The van der Waals surface area contributed by atoms with Crippen molar-refractivity contribution in [2.75, 3.05) is 19.8 Å². The van der Waals surface area contributed by atoms with Gasteiger partial charge in [0.25, 0.3) is 5.91 Å². The third-order valence-electron chi connectivity index (χ3n) is 5.66. The van der Waals surface area contributed by atoms with Crippen LogP contribution in [-0.4, -0.2) is 36.7 Å². The van der Waals surface area contributed by atoms with E-state index in [1.165, 1.54) is 0 Å². The lowest BCUT2D eigenvalue weighted by Gasteiger charge is -2.27. The van der Waals surface area contributed by atoms with E-state index in [4.69, 9.17) is 25.8 Å². The fourth-order valence-electron chi connectivity index (χ4n) is 4.30. The monoisotopic (exact) mass is 399 g/mol. The van der Waals surface area contributed by atoms with E-state index in [2.05, 4.69) is 0 Å². The number of fused-ring (bicyclic) bond motifs is 2. The Bertz CT molecular complexity index is 915. The first-order valence-electron chi connectivity index (χ1n) is 9.84. The molecule has 146 valence electrons. The number of halogens is 1. The van der Waals surface area contributed by atoms with E-state index >= 15 is 0 Å². The zero-order valence-electron chi connectivity index (χ0n) is 15.5. The highest BCUT2D eigenvalue weighted by molar-refractivity contribution is 6.30. The van der Waals surface area contributed by atoms with Gasteiger partial charge in [0.1, 0.15) is 5.75 Å². The van der Waals surface area contributed by atoms with Gasteiger partial charge >= 0.3 is 0 Å².